The maximum Gasteiger partial charge on any atom is 0.233 e. The molecule has 0 N–H and O–H groups in total. The van der Waals surface area contributed by atoms with Crippen molar-refractivity contribution in [2.45, 2.75) is 6.92 Å². The van der Waals surface area contributed by atoms with Crippen molar-refractivity contribution in [1.29, 1.82) is 0 Å². The van der Waals surface area contributed by atoms with E-state index in [4.69, 9.17) is 0 Å². The van der Waals surface area contributed by atoms with Crippen LogP contribution in [0.1, 0.15) is 5.69 Å². The van der Waals surface area contributed by atoms with Crippen LogP contribution < -0.4 is 0 Å². The van der Waals surface area contributed by atoms with Crippen molar-refractivity contribution in [1.82, 2.24) is 14.5 Å². The van der Waals surface area contributed by atoms with Gasteiger partial charge in [0.25, 0.3) is 0 Å². The Balaban J connectivity index is 2.51. The summed E-state index contributed by atoms with van der Waals surface area (Å²) in [5, 5.41) is 0. The third kappa shape index (κ3) is 1.09. The van der Waals surface area contributed by atoms with Crippen molar-refractivity contribution in [2.75, 3.05) is 0 Å². The molecule has 0 aromatic carbocycles. The lowest BCUT2D eigenvalue weighted by molar-refractivity contribution is 0.902. The van der Waals surface area contributed by atoms with E-state index in [0.717, 1.165) is 11.6 Å². The highest BCUT2D eigenvalue weighted by molar-refractivity contribution is 5.18. The topological polar surface area (TPSA) is 30.7 Å². The summed E-state index contributed by atoms with van der Waals surface area (Å²) in [5.74, 6) is 0.722. The van der Waals surface area contributed by atoms with Crippen molar-refractivity contribution >= 4 is 0 Å². The molecule has 0 aliphatic heterocycles. The summed E-state index contributed by atoms with van der Waals surface area (Å²) >= 11 is 0. The molecule has 2 aromatic rings. The smallest absolute Gasteiger partial charge is 0.233 e. The average molecular weight is 159 g/mol. The van der Waals surface area contributed by atoms with Gasteiger partial charge in [-0.1, -0.05) is 0 Å². The predicted octanol–water partition coefficient (Wildman–Crippen LogP) is 1.58. The van der Waals surface area contributed by atoms with Crippen LogP contribution in [0.15, 0.2) is 36.8 Å². The molecule has 0 saturated carbocycles. The number of aromatic nitrogens is 3. The molecule has 2 heterocycles. The molecule has 0 aliphatic rings. The second-order valence-electron chi connectivity index (χ2n) is 2.57. The van der Waals surface area contributed by atoms with Crippen LogP contribution in [-0.4, -0.2) is 14.5 Å². The minimum atomic E-state index is 0.722. The van der Waals surface area contributed by atoms with E-state index in [1.807, 2.05) is 35.9 Å². The van der Waals surface area contributed by atoms with Gasteiger partial charge in [0.1, 0.15) is 0 Å². The van der Waals surface area contributed by atoms with E-state index in [2.05, 4.69) is 9.97 Å². The maximum absolute atomic E-state index is 4.13. The molecule has 0 saturated heterocycles. The summed E-state index contributed by atoms with van der Waals surface area (Å²) < 4.78 is 1.94. The molecule has 0 spiro atoms. The minimum absolute atomic E-state index is 0.722. The number of aryl methyl sites for hydroxylation is 1. The van der Waals surface area contributed by atoms with Crippen LogP contribution in [0.2, 0.25) is 0 Å². The summed E-state index contributed by atoms with van der Waals surface area (Å²) in [6, 6.07) is 5.81. The fraction of sp³-hybridized carbons (Fsp3) is 0.111. The van der Waals surface area contributed by atoms with Crippen LogP contribution in [0, 0.1) is 6.92 Å². The molecule has 2 rings (SSSR count). The number of nitrogens with zero attached hydrogens (tertiary/aromatic N) is 3. The van der Waals surface area contributed by atoms with E-state index in [1.54, 1.807) is 12.4 Å². The first-order valence-corrected chi connectivity index (χ1v) is 3.79. The highest BCUT2D eigenvalue weighted by Gasteiger charge is 1.98. The monoisotopic (exact) mass is 159 g/mol. The Morgan fingerprint density at radius 3 is 2.50 bits per heavy atom. The third-order valence-electron chi connectivity index (χ3n) is 1.72. The van der Waals surface area contributed by atoms with Crippen molar-refractivity contribution in [3.63, 3.8) is 0 Å². The Kier molecular flexibility index (Phi) is 1.63. The molecule has 0 fully saturated rings. The molecule has 0 amide bonds. The molecule has 12 heavy (non-hydrogen) atoms. The van der Waals surface area contributed by atoms with Gasteiger partial charge >= 0.3 is 0 Å². The molecule has 0 unspecified atom stereocenters. The average Bonchev–Trinajstić information content (AvgIpc) is 2.53. The fourth-order valence-electron chi connectivity index (χ4n) is 1.11. The Bertz CT molecular complexity index is 364. The Hall–Kier alpha value is -1.64. The Labute approximate surface area is 70.7 Å². The number of hydrogen-bond acceptors (Lipinski definition) is 2. The van der Waals surface area contributed by atoms with Crippen LogP contribution in [-0.2, 0) is 0 Å². The van der Waals surface area contributed by atoms with Crippen molar-refractivity contribution < 1.29 is 0 Å². The fourth-order valence-corrected chi connectivity index (χ4v) is 1.11. The van der Waals surface area contributed by atoms with Gasteiger partial charge < -0.3 is 0 Å². The van der Waals surface area contributed by atoms with E-state index >= 15 is 0 Å². The highest BCUT2D eigenvalue weighted by Crippen LogP contribution is 2.04. The zero-order valence-corrected chi connectivity index (χ0v) is 6.81. The van der Waals surface area contributed by atoms with Crippen LogP contribution in [0.5, 0.6) is 0 Å². The quantitative estimate of drug-likeness (QED) is 0.632. The first kappa shape index (κ1) is 7.03. The van der Waals surface area contributed by atoms with Gasteiger partial charge in [-0.2, -0.15) is 0 Å². The summed E-state index contributed by atoms with van der Waals surface area (Å²) in [7, 11) is 0. The molecular formula is C9H9N3. The van der Waals surface area contributed by atoms with Gasteiger partial charge in [-0.05, 0) is 25.1 Å². The standard InChI is InChI=1S/C9H9N3/c1-8-4-2-7-12(8)9-10-5-3-6-11-9/h2-7H,1H3. The van der Waals surface area contributed by atoms with Crippen LogP contribution in [0.25, 0.3) is 5.95 Å². The van der Waals surface area contributed by atoms with Gasteiger partial charge in [-0.3, -0.25) is 4.57 Å². The molecule has 2 aromatic heterocycles. The minimum Gasteiger partial charge on any atom is -0.290 e. The van der Waals surface area contributed by atoms with Crippen LogP contribution >= 0.6 is 0 Å². The SMILES string of the molecule is Cc1cccn1-c1ncccn1. The summed E-state index contributed by atoms with van der Waals surface area (Å²) in [6.45, 7) is 2.02. The van der Waals surface area contributed by atoms with Gasteiger partial charge in [0.2, 0.25) is 5.95 Å². The van der Waals surface area contributed by atoms with E-state index in [0.29, 0.717) is 0 Å². The lowest BCUT2D eigenvalue weighted by Crippen LogP contribution is -1.99. The second kappa shape index (κ2) is 2.77. The van der Waals surface area contributed by atoms with Gasteiger partial charge in [0, 0.05) is 24.3 Å². The van der Waals surface area contributed by atoms with Gasteiger partial charge in [-0.15, -0.1) is 0 Å². The lowest BCUT2D eigenvalue weighted by atomic mass is 10.5. The van der Waals surface area contributed by atoms with Crippen LogP contribution in [0.4, 0.5) is 0 Å². The van der Waals surface area contributed by atoms with E-state index in [1.165, 1.54) is 0 Å². The van der Waals surface area contributed by atoms with E-state index in [9.17, 15) is 0 Å². The van der Waals surface area contributed by atoms with Crippen molar-refractivity contribution in [3.8, 4) is 5.95 Å². The van der Waals surface area contributed by atoms with Crippen molar-refractivity contribution in [2.24, 2.45) is 0 Å². The molecule has 0 bridgehead atoms. The Morgan fingerprint density at radius 1 is 1.17 bits per heavy atom. The maximum atomic E-state index is 4.13. The molecule has 0 atom stereocenters. The molecule has 0 radical (unpaired) electrons. The van der Waals surface area contributed by atoms with E-state index < -0.39 is 0 Å². The van der Waals surface area contributed by atoms with Crippen molar-refractivity contribution in [3.05, 3.63) is 42.5 Å². The number of rotatable bonds is 1. The van der Waals surface area contributed by atoms with Gasteiger partial charge in [-0.25, -0.2) is 9.97 Å². The summed E-state index contributed by atoms with van der Waals surface area (Å²) in [5.41, 5.74) is 1.14. The molecule has 3 heteroatoms. The molecule has 60 valence electrons. The normalized spacial score (nSPS) is 10.1. The predicted molar refractivity (Wildman–Crippen MR) is 46.1 cm³/mol. The number of hydrogen-bond donors (Lipinski definition) is 0. The lowest BCUT2D eigenvalue weighted by Gasteiger charge is -2.01. The van der Waals surface area contributed by atoms with Gasteiger partial charge in [0.05, 0.1) is 0 Å². The third-order valence-corrected chi connectivity index (χ3v) is 1.72. The summed E-state index contributed by atoms with van der Waals surface area (Å²) in [4.78, 5) is 8.27. The largest absolute Gasteiger partial charge is 0.290 e. The second-order valence-corrected chi connectivity index (χ2v) is 2.57. The summed E-state index contributed by atoms with van der Waals surface area (Å²) in [6.07, 6.45) is 5.42. The highest BCUT2D eigenvalue weighted by atomic mass is 15.1. The first-order chi connectivity index (χ1) is 5.88. The molecular weight excluding hydrogens is 150 g/mol. The molecule has 3 nitrogen and oxygen atoms in total. The van der Waals surface area contributed by atoms with E-state index in [-0.39, 0.29) is 0 Å². The zero-order valence-electron chi connectivity index (χ0n) is 6.81. The Morgan fingerprint density at radius 2 is 1.92 bits per heavy atom. The zero-order chi connectivity index (χ0) is 8.39. The van der Waals surface area contributed by atoms with Crippen LogP contribution in [0.3, 0.4) is 0 Å². The van der Waals surface area contributed by atoms with Gasteiger partial charge in [0.15, 0.2) is 0 Å². The molecule has 0 aliphatic carbocycles. The first-order valence-electron chi connectivity index (χ1n) is 3.79.